The number of fused-ring (bicyclic) bond motifs is 1. The van der Waals surface area contributed by atoms with E-state index in [0.29, 0.717) is 36.2 Å². The van der Waals surface area contributed by atoms with Crippen molar-refractivity contribution in [3.8, 4) is 22.5 Å². The van der Waals surface area contributed by atoms with Crippen LogP contribution in [0.4, 0.5) is 22.0 Å². The van der Waals surface area contributed by atoms with Crippen LogP contribution in [-0.4, -0.2) is 110 Å². The van der Waals surface area contributed by atoms with Crippen LogP contribution in [0.1, 0.15) is 80.4 Å². The number of hydrogen-bond acceptors (Lipinski definition) is 11. The highest BCUT2D eigenvalue weighted by Gasteiger charge is 2.29. The first-order chi connectivity index (χ1) is 31.3. The summed E-state index contributed by atoms with van der Waals surface area (Å²) in [4.78, 5) is 64.1. The lowest BCUT2D eigenvalue weighted by Crippen LogP contribution is -2.49. The van der Waals surface area contributed by atoms with E-state index in [0.717, 1.165) is 115 Å². The molecule has 9 rings (SSSR count). The maximum atomic E-state index is 13.6. The van der Waals surface area contributed by atoms with Gasteiger partial charge in [0.15, 0.2) is 5.69 Å². The molecule has 0 bridgehead atoms. The highest BCUT2D eigenvalue weighted by molar-refractivity contribution is 7.94. The van der Waals surface area contributed by atoms with E-state index in [9.17, 15) is 14.4 Å². The van der Waals surface area contributed by atoms with Crippen molar-refractivity contribution in [1.82, 2.24) is 39.6 Å². The van der Waals surface area contributed by atoms with Gasteiger partial charge in [0.05, 0.1) is 11.7 Å². The number of carbonyl (C=O) groups is 3. The van der Waals surface area contributed by atoms with Crippen LogP contribution in [0, 0.1) is 12.8 Å². The van der Waals surface area contributed by atoms with Gasteiger partial charge in [0.1, 0.15) is 23.6 Å². The number of amides is 4. The van der Waals surface area contributed by atoms with Crippen LogP contribution in [0.5, 0.6) is 0 Å². The van der Waals surface area contributed by atoms with Gasteiger partial charge < -0.3 is 19.3 Å². The van der Waals surface area contributed by atoms with E-state index in [4.69, 9.17) is 14.5 Å². The second kappa shape index (κ2) is 18.2. The van der Waals surface area contributed by atoms with Gasteiger partial charge >= 0.3 is 6.03 Å². The molecule has 0 radical (unpaired) electrons. The first-order valence-corrected chi connectivity index (χ1v) is 23.5. The van der Waals surface area contributed by atoms with Crippen molar-refractivity contribution in [2.45, 2.75) is 65.3 Å². The van der Waals surface area contributed by atoms with Crippen LogP contribution in [0.15, 0.2) is 83.8 Å². The van der Waals surface area contributed by atoms with E-state index in [-0.39, 0.29) is 35.0 Å². The lowest BCUT2D eigenvalue weighted by Gasteiger charge is -2.39. The van der Waals surface area contributed by atoms with E-state index < -0.39 is 0 Å². The molecule has 2 N–H and O–H groups in total. The van der Waals surface area contributed by atoms with Gasteiger partial charge in [-0.1, -0.05) is 43.9 Å². The minimum Gasteiger partial charge on any atom is -0.372 e. The molecule has 4 amide bonds. The van der Waals surface area contributed by atoms with Crippen molar-refractivity contribution in [1.29, 1.82) is 0 Å². The summed E-state index contributed by atoms with van der Waals surface area (Å²) in [6, 6.07) is 21.8. The Morgan fingerprint density at radius 1 is 0.892 bits per heavy atom. The third-order valence-corrected chi connectivity index (χ3v) is 13.9. The topological polar surface area (TPSA) is 160 Å². The summed E-state index contributed by atoms with van der Waals surface area (Å²) in [5.41, 5.74) is 8.48. The van der Waals surface area contributed by atoms with Crippen molar-refractivity contribution in [2.75, 3.05) is 67.1 Å². The molecular weight excluding hydrogens is 839 g/mol. The maximum Gasteiger partial charge on any atom is 0.328 e. The molecule has 1 atom stereocenters. The predicted molar refractivity (Wildman–Crippen MR) is 259 cm³/mol. The van der Waals surface area contributed by atoms with Crippen LogP contribution in [0.2, 0.25) is 0 Å². The fourth-order valence-electron chi connectivity index (χ4n) is 9.24. The van der Waals surface area contributed by atoms with Gasteiger partial charge in [0, 0.05) is 110 Å². The number of benzene rings is 2. The van der Waals surface area contributed by atoms with Crippen LogP contribution >= 0.6 is 11.5 Å². The quantitative estimate of drug-likeness (QED) is 0.0861. The van der Waals surface area contributed by atoms with Gasteiger partial charge in [-0.2, -0.15) is 0 Å². The van der Waals surface area contributed by atoms with Crippen molar-refractivity contribution in [2.24, 2.45) is 5.92 Å². The smallest absolute Gasteiger partial charge is 0.328 e. The number of H-pyrrole nitrogens is 1. The fraction of sp³-hybridized carbons (Fsp3) is 0.388. The van der Waals surface area contributed by atoms with Gasteiger partial charge in [-0.05, 0) is 92.3 Å². The Bertz CT molecular complexity index is 2710. The average molecular weight is 896 g/mol. The number of aromatic amines is 1. The van der Waals surface area contributed by atoms with Crippen LogP contribution < -0.4 is 20.0 Å². The number of nitrogens with zero attached hydrogens (tertiary/aromatic N) is 9. The summed E-state index contributed by atoms with van der Waals surface area (Å²) in [5.74, 6) is 5.90. The lowest BCUT2D eigenvalue weighted by molar-refractivity contribution is -0.120. The Morgan fingerprint density at radius 2 is 1.63 bits per heavy atom. The number of anilines is 3. The molecule has 65 heavy (non-hydrogen) atoms. The van der Waals surface area contributed by atoms with Gasteiger partial charge in [0.25, 0.3) is 5.91 Å². The minimum atomic E-state index is -0.353. The monoisotopic (exact) mass is 895 g/mol. The number of pyridine rings is 1. The number of carbonyl (C=O) groups excluding carboxylic acids is 3. The highest BCUT2D eigenvalue weighted by Crippen LogP contribution is 2.35. The van der Waals surface area contributed by atoms with Crippen molar-refractivity contribution >= 4 is 63.5 Å². The summed E-state index contributed by atoms with van der Waals surface area (Å²) >= 11 is 0.561. The third kappa shape index (κ3) is 9.27. The van der Waals surface area contributed by atoms with Crippen molar-refractivity contribution in [3.63, 3.8) is 0 Å². The number of hydrogen-bond donors (Lipinski definition) is 3. The molecule has 3 aliphatic heterocycles. The molecule has 0 spiro atoms. The zero-order valence-electron chi connectivity index (χ0n) is 37.8. The first kappa shape index (κ1) is 43.8. The zero-order chi connectivity index (χ0) is 45.4. The maximum absolute atomic E-state index is 13.6. The van der Waals surface area contributed by atoms with Crippen molar-refractivity contribution in [3.05, 3.63) is 102 Å². The molecule has 4 aromatic heterocycles. The standard InChI is InChI=1S/C49H57N11O4S/c1-31-25-34(7-13-38(31)32(2)60(65-6)47(62)41-27-42(64-55-41)49(3,4)5)45-39-26-40(53-46(39)52-30-51-45)35-8-14-43(50-28-35)58-23-21-56(22-24-58)29-33-15-18-57(19-16-33)36-9-11-37(12-10-36)59-20-17-44(61)54-48(59)63/h7-14,25-28,30,32-33,65H,6,15-24,29H2,1-5H3,(H,51,52,53)(H,54,61,63)/t32-/m1/s1. The molecule has 3 aliphatic rings. The predicted octanol–water partition coefficient (Wildman–Crippen LogP) is 7.78. The van der Waals surface area contributed by atoms with E-state index in [2.05, 4.69) is 96.5 Å². The number of imide groups is 1. The van der Waals surface area contributed by atoms with Gasteiger partial charge in [-0.15, -0.1) is 11.5 Å². The Kier molecular flexibility index (Phi) is 12.3. The van der Waals surface area contributed by atoms with E-state index in [1.807, 2.05) is 46.0 Å². The normalized spacial score (nSPS) is 17.2. The summed E-state index contributed by atoms with van der Waals surface area (Å²) in [7, 11) is 0. The van der Waals surface area contributed by atoms with Crippen LogP contribution in [0.25, 0.3) is 33.5 Å². The number of piperazine rings is 1. The Balaban J connectivity index is 0.783. The molecule has 3 saturated heterocycles. The molecule has 7 heterocycles. The average Bonchev–Trinajstić information content (AvgIpc) is 4.00. The molecule has 16 heteroatoms. The second-order valence-electron chi connectivity index (χ2n) is 18.4. The number of nitrogens with one attached hydrogen (secondary N) is 2. The van der Waals surface area contributed by atoms with Gasteiger partial charge in [-0.25, -0.2) is 19.7 Å². The Labute approximate surface area is 383 Å². The fourth-order valence-corrected chi connectivity index (χ4v) is 9.84. The van der Waals surface area contributed by atoms with Gasteiger partial charge in [0.2, 0.25) is 5.91 Å². The lowest BCUT2D eigenvalue weighted by atomic mass is 9.93. The third-order valence-electron chi connectivity index (χ3n) is 13.1. The largest absolute Gasteiger partial charge is 0.372 e. The zero-order valence-corrected chi connectivity index (χ0v) is 38.6. The minimum absolute atomic E-state index is 0.220. The number of aromatic nitrogens is 5. The number of rotatable bonds is 11. The summed E-state index contributed by atoms with van der Waals surface area (Å²) in [6.45, 7) is 17.6. The highest BCUT2D eigenvalue weighted by atomic mass is 32.1. The first-order valence-electron chi connectivity index (χ1n) is 22.4. The molecule has 15 nitrogen and oxygen atoms in total. The Hall–Kier alpha value is -6.39. The number of piperidine rings is 1. The Morgan fingerprint density at radius 3 is 2.29 bits per heavy atom. The van der Waals surface area contributed by atoms with E-state index in [1.54, 1.807) is 21.6 Å². The van der Waals surface area contributed by atoms with Crippen molar-refractivity contribution < 1.29 is 18.9 Å². The summed E-state index contributed by atoms with van der Waals surface area (Å²) in [5, 5.41) is 7.40. The number of aryl methyl sites for hydroxylation is 1. The molecule has 0 aliphatic carbocycles. The van der Waals surface area contributed by atoms with Crippen LogP contribution in [-0.2, 0) is 10.2 Å². The van der Waals surface area contributed by atoms with Crippen LogP contribution in [0.3, 0.4) is 0 Å². The number of urea groups is 1. The van der Waals surface area contributed by atoms with Gasteiger partial charge in [-0.3, -0.25) is 29.0 Å². The summed E-state index contributed by atoms with van der Waals surface area (Å²) in [6.07, 6.45) is 6.15. The summed E-state index contributed by atoms with van der Waals surface area (Å²) < 4.78 is 7.20. The molecular formula is C49H57N11O4S. The number of thiol groups is 1. The second-order valence-corrected chi connectivity index (χ2v) is 19.1. The molecule has 2 aromatic carbocycles. The van der Waals surface area contributed by atoms with E-state index >= 15 is 0 Å². The molecule has 6 aromatic rings. The molecule has 3 fully saturated rings. The van der Waals surface area contributed by atoms with E-state index in [1.165, 1.54) is 5.69 Å². The molecule has 338 valence electrons. The molecule has 0 unspecified atom stereocenters. The molecule has 0 saturated carbocycles. The SMILES string of the molecule is C=[SH]N(C(=O)c1cc(C(C)(C)C)on1)[C@H](C)c1ccc(-c2ncnc3[nH]c(-c4ccc(N5CCN(CC6CCN(c7ccc(N8CCC(=O)NC8=O)cc7)CC6)CC5)nc4)cc23)cc1C.